The molecule has 0 unspecified atom stereocenters. The fraction of sp³-hybridized carbons (Fsp3) is 0.444. The van der Waals surface area contributed by atoms with Gasteiger partial charge >= 0.3 is 0 Å². The molecule has 24 heavy (non-hydrogen) atoms. The molecule has 2 rings (SSSR count). The van der Waals surface area contributed by atoms with Crippen LogP contribution in [-0.4, -0.2) is 43.0 Å². The molecule has 2 aromatic rings. The van der Waals surface area contributed by atoms with Crippen LogP contribution >= 0.6 is 11.3 Å². The maximum atomic E-state index is 12.1. The van der Waals surface area contributed by atoms with E-state index in [0.29, 0.717) is 11.7 Å². The lowest BCUT2D eigenvalue weighted by Crippen LogP contribution is -2.27. The molecule has 0 fully saturated rings. The van der Waals surface area contributed by atoms with Crippen molar-refractivity contribution >= 4 is 22.4 Å². The van der Waals surface area contributed by atoms with E-state index in [1.165, 1.54) is 11.3 Å². The molecule has 0 aliphatic rings. The number of nitrogens with zero attached hydrogens (tertiary/aromatic N) is 2. The Balaban J connectivity index is 2.13. The van der Waals surface area contributed by atoms with Gasteiger partial charge in [0, 0.05) is 22.9 Å². The highest BCUT2D eigenvalue weighted by Gasteiger charge is 2.22. The van der Waals surface area contributed by atoms with Crippen molar-refractivity contribution in [1.29, 1.82) is 0 Å². The summed E-state index contributed by atoms with van der Waals surface area (Å²) in [5, 5.41) is 5.41. The van der Waals surface area contributed by atoms with Gasteiger partial charge in [0.2, 0.25) is 5.91 Å². The molecular weight excluding hydrogens is 322 g/mol. The van der Waals surface area contributed by atoms with Crippen LogP contribution in [0.25, 0.3) is 11.3 Å². The van der Waals surface area contributed by atoms with E-state index in [2.05, 4.69) is 15.2 Å². The van der Waals surface area contributed by atoms with Crippen molar-refractivity contribution in [2.45, 2.75) is 20.8 Å². The first-order valence-corrected chi connectivity index (χ1v) is 8.79. The summed E-state index contributed by atoms with van der Waals surface area (Å²) < 4.78 is 5.88. The number of rotatable bonds is 6. The summed E-state index contributed by atoms with van der Waals surface area (Å²) in [6.07, 6.45) is 0. The molecular formula is C18H25N3O2S. The maximum Gasteiger partial charge on any atom is 0.231 e. The quantitative estimate of drug-likeness (QED) is 0.865. The first kappa shape index (κ1) is 18.4. The Labute approximate surface area is 147 Å². The summed E-state index contributed by atoms with van der Waals surface area (Å²) >= 11 is 1.42. The zero-order valence-corrected chi connectivity index (χ0v) is 15.7. The molecule has 1 heterocycles. The van der Waals surface area contributed by atoms with Crippen LogP contribution < -0.4 is 10.1 Å². The predicted octanol–water partition coefficient (Wildman–Crippen LogP) is 3.74. The number of carbonyl (C=O) groups excluding carboxylic acids is 1. The van der Waals surface area contributed by atoms with E-state index in [4.69, 9.17) is 4.74 Å². The van der Waals surface area contributed by atoms with Crippen molar-refractivity contribution in [2.24, 2.45) is 5.41 Å². The fourth-order valence-corrected chi connectivity index (χ4v) is 2.59. The lowest BCUT2D eigenvalue weighted by atomic mass is 9.96. The van der Waals surface area contributed by atoms with Crippen molar-refractivity contribution in [1.82, 2.24) is 9.88 Å². The Morgan fingerprint density at radius 2 is 2.00 bits per heavy atom. The van der Waals surface area contributed by atoms with E-state index in [1.54, 1.807) is 0 Å². The summed E-state index contributed by atoms with van der Waals surface area (Å²) in [7, 11) is 4.03. The van der Waals surface area contributed by atoms with E-state index >= 15 is 0 Å². The van der Waals surface area contributed by atoms with Gasteiger partial charge in [-0.1, -0.05) is 32.9 Å². The standard InChI is InChI=1S/C18H25N3O2S/c1-18(2,3)16(22)20-17-19-14(12-24-17)13-8-6-7-9-15(13)23-11-10-21(4)5/h6-9,12H,10-11H2,1-5H3,(H,19,20,22). The number of anilines is 1. The van der Waals surface area contributed by atoms with Crippen LogP contribution in [0.2, 0.25) is 0 Å². The Kier molecular flexibility index (Phi) is 5.96. The van der Waals surface area contributed by atoms with Gasteiger partial charge in [-0.3, -0.25) is 4.79 Å². The fourth-order valence-electron chi connectivity index (χ4n) is 1.88. The second-order valence-corrected chi connectivity index (χ2v) is 7.75. The summed E-state index contributed by atoms with van der Waals surface area (Å²) in [4.78, 5) is 18.7. The van der Waals surface area contributed by atoms with Crippen LogP contribution in [0.3, 0.4) is 0 Å². The smallest absolute Gasteiger partial charge is 0.231 e. The number of hydrogen-bond donors (Lipinski definition) is 1. The largest absolute Gasteiger partial charge is 0.492 e. The molecule has 0 aliphatic carbocycles. The minimum absolute atomic E-state index is 0.0427. The van der Waals surface area contributed by atoms with Gasteiger partial charge < -0.3 is 15.0 Å². The molecule has 6 heteroatoms. The van der Waals surface area contributed by atoms with Crippen LogP contribution in [0.5, 0.6) is 5.75 Å². The molecule has 5 nitrogen and oxygen atoms in total. The minimum atomic E-state index is -0.445. The lowest BCUT2D eigenvalue weighted by molar-refractivity contribution is -0.123. The molecule has 0 aliphatic heterocycles. The van der Waals surface area contributed by atoms with Crippen molar-refractivity contribution in [3.05, 3.63) is 29.6 Å². The number of aromatic nitrogens is 1. The van der Waals surface area contributed by atoms with Crippen molar-refractivity contribution < 1.29 is 9.53 Å². The van der Waals surface area contributed by atoms with E-state index in [9.17, 15) is 4.79 Å². The molecule has 1 aromatic heterocycles. The highest BCUT2D eigenvalue weighted by atomic mass is 32.1. The lowest BCUT2D eigenvalue weighted by Gasteiger charge is -2.16. The first-order valence-electron chi connectivity index (χ1n) is 7.91. The van der Waals surface area contributed by atoms with Crippen LogP contribution in [0.4, 0.5) is 5.13 Å². The number of benzene rings is 1. The van der Waals surface area contributed by atoms with E-state index < -0.39 is 5.41 Å². The molecule has 0 saturated carbocycles. The Hall–Kier alpha value is -1.92. The highest BCUT2D eigenvalue weighted by molar-refractivity contribution is 7.14. The van der Waals surface area contributed by atoms with Gasteiger partial charge in [-0.15, -0.1) is 11.3 Å². The highest BCUT2D eigenvalue weighted by Crippen LogP contribution is 2.32. The van der Waals surface area contributed by atoms with Crippen LogP contribution in [0, 0.1) is 5.41 Å². The normalized spacial score (nSPS) is 11.6. The van der Waals surface area contributed by atoms with Gasteiger partial charge in [0.1, 0.15) is 12.4 Å². The second kappa shape index (κ2) is 7.77. The summed E-state index contributed by atoms with van der Waals surface area (Å²) in [6, 6.07) is 7.83. The number of thiazole rings is 1. The third-order valence-electron chi connectivity index (χ3n) is 3.36. The number of para-hydroxylation sites is 1. The SMILES string of the molecule is CN(C)CCOc1ccccc1-c1csc(NC(=O)C(C)(C)C)n1. The molecule has 0 atom stereocenters. The number of carbonyl (C=O) groups is 1. The van der Waals surface area contributed by atoms with Gasteiger partial charge in [-0.05, 0) is 26.2 Å². The zero-order chi connectivity index (χ0) is 17.7. The zero-order valence-electron chi connectivity index (χ0n) is 14.9. The van der Waals surface area contributed by atoms with Gasteiger partial charge in [0.25, 0.3) is 0 Å². The Bertz CT molecular complexity index is 690. The third-order valence-corrected chi connectivity index (χ3v) is 4.12. The van der Waals surface area contributed by atoms with Gasteiger partial charge in [0.15, 0.2) is 5.13 Å². The molecule has 1 N–H and O–H groups in total. The number of amides is 1. The minimum Gasteiger partial charge on any atom is -0.492 e. The molecule has 0 spiro atoms. The first-order chi connectivity index (χ1) is 11.3. The molecule has 0 bridgehead atoms. The third kappa shape index (κ3) is 5.04. The van der Waals surface area contributed by atoms with Gasteiger partial charge in [-0.2, -0.15) is 0 Å². The van der Waals surface area contributed by atoms with Crippen molar-refractivity contribution in [2.75, 3.05) is 32.6 Å². The number of nitrogens with one attached hydrogen (secondary N) is 1. The predicted molar refractivity (Wildman–Crippen MR) is 99.7 cm³/mol. The second-order valence-electron chi connectivity index (χ2n) is 6.89. The maximum absolute atomic E-state index is 12.1. The van der Waals surface area contributed by atoms with Crippen LogP contribution in [-0.2, 0) is 4.79 Å². The molecule has 1 aromatic carbocycles. The monoisotopic (exact) mass is 347 g/mol. The van der Waals surface area contributed by atoms with Gasteiger partial charge in [0.05, 0.1) is 5.69 Å². The number of ether oxygens (including phenoxy) is 1. The van der Waals surface area contributed by atoms with Crippen molar-refractivity contribution in [3.63, 3.8) is 0 Å². The van der Waals surface area contributed by atoms with Crippen LogP contribution in [0.1, 0.15) is 20.8 Å². The van der Waals surface area contributed by atoms with Gasteiger partial charge in [-0.25, -0.2) is 4.98 Å². The van der Waals surface area contributed by atoms with Crippen LogP contribution in [0.15, 0.2) is 29.6 Å². The topological polar surface area (TPSA) is 54.5 Å². The molecule has 0 saturated heterocycles. The Morgan fingerprint density at radius 3 is 2.67 bits per heavy atom. The molecule has 1 amide bonds. The van der Waals surface area contributed by atoms with E-state index in [-0.39, 0.29) is 5.91 Å². The van der Waals surface area contributed by atoms with E-state index in [1.807, 2.05) is 64.5 Å². The number of likely N-dealkylation sites (N-methyl/N-ethyl adjacent to an activating group) is 1. The summed E-state index contributed by atoms with van der Waals surface area (Å²) in [5.74, 6) is 0.761. The summed E-state index contributed by atoms with van der Waals surface area (Å²) in [6.45, 7) is 7.10. The average molecular weight is 347 g/mol. The molecule has 130 valence electrons. The Morgan fingerprint density at radius 1 is 1.29 bits per heavy atom. The average Bonchev–Trinajstić information content (AvgIpc) is 2.95. The summed E-state index contributed by atoms with van der Waals surface area (Å²) in [5.41, 5.74) is 1.30. The molecule has 0 radical (unpaired) electrons. The van der Waals surface area contributed by atoms with Crippen molar-refractivity contribution in [3.8, 4) is 17.0 Å². The van der Waals surface area contributed by atoms with E-state index in [0.717, 1.165) is 23.6 Å². The number of hydrogen-bond acceptors (Lipinski definition) is 5.